The average Bonchev–Trinajstić information content (AvgIpc) is 2.83. The predicted molar refractivity (Wildman–Crippen MR) is 99.6 cm³/mol. The summed E-state index contributed by atoms with van der Waals surface area (Å²) >= 11 is 0. The lowest BCUT2D eigenvalue weighted by atomic mass is 9.50. The number of allylic oxidation sites excluding steroid dienone is 2. The van der Waals surface area contributed by atoms with Crippen LogP contribution in [0.15, 0.2) is 16.8 Å². The summed E-state index contributed by atoms with van der Waals surface area (Å²) in [7, 11) is 0. The zero-order chi connectivity index (χ0) is 25.7. The molecule has 3 saturated carbocycles. The Bertz CT molecular complexity index is 1050. The van der Waals surface area contributed by atoms with Crippen LogP contribution < -0.4 is 0 Å². The van der Waals surface area contributed by atoms with Crippen molar-refractivity contribution in [2.75, 3.05) is 0 Å². The van der Waals surface area contributed by atoms with Crippen LogP contribution >= 0.6 is 0 Å². The fraction of sp³-hybridized carbons (Fsp3) is 0.727. The molecule has 4 heteroatoms. The molecule has 1 N–H and O–H groups in total. The van der Waals surface area contributed by atoms with Crippen LogP contribution in [0.4, 0.5) is 0 Å². The maximum atomic E-state index is 12.0. The summed E-state index contributed by atoms with van der Waals surface area (Å²) < 4.78 is 75.1. The van der Waals surface area contributed by atoms with E-state index >= 15 is 0 Å². The number of carbonyl (C=O) groups is 1. The number of esters is 1. The molecule has 0 saturated heterocycles. The zero-order valence-electron chi connectivity index (χ0n) is 23.1. The first-order chi connectivity index (χ1) is 15.4. The number of terminal acetylenes is 1. The molecule has 3 fully saturated rings. The van der Waals surface area contributed by atoms with Gasteiger partial charge in [0.15, 0.2) is 5.60 Å². The van der Waals surface area contributed by atoms with E-state index in [1.807, 2.05) is 0 Å². The number of nitrogens with zero attached hydrogens (tertiary/aromatic N) is 1. The van der Waals surface area contributed by atoms with E-state index in [0.29, 0.717) is 12.8 Å². The lowest BCUT2D eigenvalue weighted by molar-refractivity contribution is -0.167. The smallest absolute Gasteiger partial charge is 0.304 e. The van der Waals surface area contributed by atoms with Gasteiger partial charge in [0.05, 0.1) is 7.08 Å². The monoisotopic (exact) mass is 363 g/mol. The number of fused-ring (bicyclic) bond motifs is 5. The minimum absolute atomic E-state index is 0.0860. The van der Waals surface area contributed by atoms with Gasteiger partial charge >= 0.3 is 5.97 Å². The third kappa shape index (κ3) is 2.36. The van der Waals surface area contributed by atoms with Crippen LogP contribution in [0.2, 0.25) is 0 Å². The normalized spacial score (nSPS) is 59.3. The molecule has 0 unspecified atom stereocenters. The first-order valence-corrected chi connectivity index (χ1v) is 9.06. The van der Waals surface area contributed by atoms with E-state index in [1.54, 1.807) is 6.92 Å². The molecule has 26 heavy (non-hydrogen) atoms. The quantitative estimate of drug-likeness (QED) is 0.327. The summed E-state index contributed by atoms with van der Waals surface area (Å²) in [5.74, 6) is -1.67. The molecule has 4 nitrogen and oxygen atoms in total. The van der Waals surface area contributed by atoms with Crippen LogP contribution in [0.5, 0.6) is 0 Å². The summed E-state index contributed by atoms with van der Waals surface area (Å²) in [6.45, 7) is 2.94. The van der Waals surface area contributed by atoms with Gasteiger partial charge in [-0.3, -0.25) is 4.79 Å². The molecule has 0 bridgehead atoms. The molecule has 0 spiro atoms. The average molecular weight is 364 g/mol. The Kier molecular flexibility index (Phi) is 2.49. The third-order valence-electron chi connectivity index (χ3n) is 6.77. The van der Waals surface area contributed by atoms with Gasteiger partial charge in [-0.05, 0) is 80.9 Å². The first kappa shape index (κ1) is 10.5. The van der Waals surface area contributed by atoms with Crippen molar-refractivity contribution >= 4 is 11.7 Å². The number of carbonyl (C=O) groups excluding carboxylic acids is 1. The standard InChI is InChI=1S/C22H29NO3/c1-4-22(26-14(2)24)12-10-20-19-7-5-15-13-16(23-25)6-8-17(15)18(19)9-11-21(20,22)3/h1,13,17-20,25H,5-12H2,2-3H3/b23-16+/t17-,18+,19+,20-,21-,22-/m0/s1/i5D2,6D2,12D2,13D,17D. The molecule has 0 aliphatic heterocycles. The van der Waals surface area contributed by atoms with Crippen LogP contribution in [0.25, 0.3) is 0 Å². The van der Waals surface area contributed by atoms with Crippen LogP contribution in [0, 0.1) is 41.4 Å². The molecule has 140 valence electrons. The van der Waals surface area contributed by atoms with Gasteiger partial charge < -0.3 is 9.94 Å². The SMILES string of the molecule is [2H]C1=C2C([2H])([2H])C[C@@H]3[C@H](CC[C@@]4(C)[C@H]3CC([2H])([2H])[C@]4(C#C)OC(C)=O)[C@@]2([2H])CC([2H])([2H])/C1=N\O. The van der Waals surface area contributed by atoms with Crippen LogP contribution in [0.3, 0.4) is 0 Å². The van der Waals surface area contributed by atoms with Crippen molar-refractivity contribution in [1.82, 2.24) is 0 Å². The van der Waals surface area contributed by atoms with Crippen LogP contribution in [-0.4, -0.2) is 22.5 Å². The first-order valence-electron chi connectivity index (χ1n) is 13.1. The van der Waals surface area contributed by atoms with E-state index in [1.165, 1.54) is 6.92 Å². The van der Waals surface area contributed by atoms with Crippen molar-refractivity contribution in [3.63, 3.8) is 0 Å². The van der Waals surface area contributed by atoms with Gasteiger partial charge in [-0.25, -0.2) is 0 Å². The molecule has 0 radical (unpaired) electrons. The molecule has 0 amide bonds. The molecule has 0 heterocycles. The van der Waals surface area contributed by atoms with Crippen molar-refractivity contribution in [1.29, 1.82) is 0 Å². The number of oxime groups is 1. The number of hydrogen-bond donors (Lipinski definition) is 1. The highest BCUT2D eigenvalue weighted by Gasteiger charge is 2.64. The van der Waals surface area contributed by atoms with E-state index in [2.05, 4.69) is 11.1 Å². The van der Waals surface area contributed by atoms with E-state index < -0.39 is 77.9 Å². The number of hydrogen-bond acceptors (Lipinski definition) is 4. The highest BCUT2D eigenvalue weighted by Crippen LogP contribution is 2.65. The van der Waals surface area contributed by atoms with E-state index in [9.17, 15) is 11.4 Å². The minimum atomic E-state index is -2.31. The Morgan fingerprint density at radius 3 is 2.96 bits per heavy atom. The van der Waals surface area contributed by atoms with Gasteiger partial charge in [-0.15, -0.1) is 6.42 Å². The highest BCUT2D eigenvalue weighted by molar-refractivity contribution is 5.96. The van der Waals surface area contributed by atoms with Gasteiger partial charge in [0.1, 0.15) is 0 Å². The lowest BCUT2D eigenvalue weighted by Gasteiger charge is -2.55. The Hall–Kier alpha value is -1.76. The maximum Gasteiger partial charge on any atom is 0.304 e. The molecule has 0 aromatic carbocycles. The van der Waals surface area contributed by atoms with Crippen molar-refractivity contribution in [3.8, 4) is 12.3 Å². The maximum absolute atomic E-state index is 12.0. The largest absolute Gasteiger partial charge is 0.445 e. The predicted octanol–water partition coefficient (Wildman–Crippen LogP) is 4.32. The Morgan fingerprint density at radius 2 is 2.27 bits per heavy atom. The number of rotatable bonds is 1. The van der Waals surface area contributed by atoms with Gasteiger partial charge in [0.2, 0.25) is 0 Å². The molecular formula is C22H29NO3. The molecule has 0 aromatic rings. The van der Waals surface area contributed by atoms with Crippen LogP contribution in [0.1, 0.15) is 76.0 Å². The molecular weight excluding hydrogens is 326 g/mol. The second-order valence-electron chi connectivity index (χ2n) is 7.84. The summed E-state index contributed by atoms with van der Waals surface area (Å²) in [5, 5.41) is 12.3. The number of ether oxygens (including phenoxy) is 1. The molecule has 4 aliphatic rings. The minimum Gasteiger partial charge on any atom is -0.445 e. The van der Waals surface area contributed by atoms with Gasteiger partial charge in [0, 0.05) is 21.9 Å². The second kappa shape index (κ2) is 6.15. The van der Waals surface area contributed by atoms with Crippen molar-refractivity contribution < 1.29 is 25.7 Å². The van der Waals surface area contributed by atoms with Gasteiger partial charge in [-0.2, -0.15) is 0 Å². The van der Waals surface area contributed by atoms with Gasteiger partial charge in [-0.1, -0.05) is 23.6 Å². The van der Waals surface area contributed by atoms with E-state index in [0.717, 1.165) is 0 Å². The summed E-state index contributed by atoms with van der Waals surface area (Å²) in [5.41, 5.74) is -3.62. The Balaban J connectivity index is 1.89. The summed E-state index contributed by atoms with van der Waals surface area (Å²) in [6.07, 6.45) is -0.823. The lowest BCUT2D eigenvalue weighted by Crippen LogP contribution is -2.53. The Morgan fingerprint density at radius 1 is 1.46 bits per heavy atom. The molecule has 6 atom stereocenters. The molecule has 0 aromatic heterocycles. The van der Waals surface area contributed by atoms with Gasteiger partial charge in [0.25, 0.3) is 0 Å². The van der Waals surface area contributed by atoms with E-state index in [-0.39, 0.29) is 18.4 Å². The van der Waals surface area contributed by atoms with E-state index in [4.69, 9.17) is 20.8 Å². The highest BCUT2D eigenvalue weighted by atomic mass is 16.6. The molecule has 4 aliphatic carbocycles. The summed E-state index contributed by atoms with van der Waals surface area (Å²) in [4.78, 5) is 12.0. The fourth-order valence-corrected chi connectivity index (χ4v) is 5.47. The topological polar surface area (TPSA) is 58.9 Å². The third-order valence-corrected chi connectivity index (χ3v) is 6.77. The van der Waals surface area contributed by atoms with Crippen LogP contribution in [-0.2, 0) is 9.53 Å². The zero-order valence-corrected chi connectivity index (χ0v) is 15.1. The fourth-order valence-electron chi connectivity index (χ4n) is 5.47. The van der Waals surface area contributed by atoms with Crippen molar-refractivity contribution in [3.05, 3.63) is 11.6 Å². The molecule has 4 rings (SSSR count). The Labute approximate surface area is 167 Å². The second-order valence-corrected chi connectivity index (χ2v) is 7.84. The van der Waals surface area contributed by atoms with Crippen molar-refractivity contribution in [2.45, 2.75) is 70.7 Å². The summed E-state index contributed by atoms with van der Waals surface area (Å²) in [6, 6.07) is -0.579. The van der Waals surface area contributed by atoms with Crippen molar-refractivity contribution in [2.24, 2.45) is 34.2 Å².